The molecular formula is C38H58N5O5P. The van der Waals surface area contributed by atoms with Crippen molar-refractivity contribution in [2.45, 2.75) is 123 Å². The monoisotopic (exact) mass is 695 g/mol. The van der Waals surface area contributed by atoms with Gasteiger partial charge in [-0.3, -0.25) is 4.52 Å². The lowest BCUT2D eigenvalue weighted by atomic mass is 10.0. The van der Waals surface area contributed by atoms with Crippen molar-refractivity contribution in [1.82, 2.24) is 19.5 Å². The first-order valence-electron chi connectivity index (χ1n) is 18.5. The summed E-state index contributed by atoms with van der Waals surface area (Å²) in [5.41, 5.74) is 7.08. The molecule has 2 atom stereocenters. The smallest absolute Gasteiger partial charge is 0.404 e. The van der Waals surface area contributed by atoms with Gasteiger partial charge < -0.3 is 24.3 Å². The maximum absolute atomic E-state index is 14.1. The Balaban J connectivity index is 1.14. The summed E-state index contributed by atoms with van der Waals surface area (Å²) in [5, 5.41) is 1.85. The third-order valence-electron chi connectivity index (χ3n) is 8.75. The fourth-order valence-corrected chi connectivity index (χ4v) is 7.44. The van der Waals surface area contributed by atoms with Crippen LogP contribution < -0.4 is 10.3 Å². The molecule has 0 aliphatic carbocycles. The number of hydrogen-bond acceptors (Lipinski definition) is 9. The highest BCUT2D eigenvalue weighted by molar-refractivity contribution is 7.54. The van der Waals surface area contributed by atoms with Crippen molar-refractivity contribution in [3.8, 4) is 5.75 Å². The zero-order valence-electron chi connectivity index (χ0n) is 29.8. The van der Waals surface area contributed by atoms with E-state index in [1.165, 1.54) is 89.8 Å². The fraction of sp³-hybridized carbons (Fsp3) is 0.605. The number of unbranched alkanes of at least 4 members (excludes halogenated alkanes) is 13. The normalized spacial score (nSPS) is 13.6. The van der Waals surface area contributed by atoms with Crippen LogP contribution in [0.2, 0.25) is 0 Å². The highest BCUT2D eigenvalue weighted by Gasteiger charge is 2.29. The van der Waals surface area contributed by atoms with Crippen LogP contribution in [0.3, 0.4) is 0 Å². The van der Waals surface area contributed by atoms with Crippen LogP contribution in [-0.4, -0.2) is 51.8 Å². The van der Waals surface area contributed by atoms with Crippen LogP contribution >= 0.6 is 7.60 Å². The van der Waals surface area contributed by atoms with E-state index in [0.717, 1.165) is 23.8 Å². The molecule has 0 fully saturated rings. The van der Waals surface area contributed by atoms with Gasteiger partial charge in [0, 0.05) is 18.6 Å². The summed E-state index contributed by atoms with van der Waals surface area (Å²) < 4.78 is 40.0. The summed E-state index contributed by atoms with van der Waals surface area (Å²) >= 11 is 0. The molecule has 0 radical (unpaired) electrons. The maximum Gasteiger partial charge on any atom is 0.404 e. The van der Waals surface area contributed by atoms with Gasteiger partial charge in [-0.2, -0.15) is 0 Å². The number of hydrogen-bond donors (Lipinski definition) is 1. The quantitative estimate of drug-likeness (QED) is 0.0479. The number of ether oxygens (including phenoxy) is 2. The fourth-order valence-electron chi connectivity index (χ4n) is 5.96. The van der Waals surface area contributed by atoms with Gasteiger partial charge in [-0.05, 0) is 31.2 Å². The second-order valence-corrected chi connectivity index (χ2v) is 14.9. The number of benzene rings is 2. The molecule has 0 saturated heterocycles. The Morgan fingerprint density at radius 2 is 1.43 bits per heavy atom. The largest absolute Gasteiger partial charge is 0.422 e. The van der Waals surface area contributed by atoms with E-state index in [1.807, 2.05) is 54.0 Å². The first-order chi connectivity index (χ1) is 24.0. The molecule has 270 valence electrons. The molecule has 0 spiro atoms. The predicted molar refractivity (Wildman–Crippen MR) is 199 cm³/mol. The Labute approximate surface area is 293 Å². The molecule has 10 nitrogen and oxygen atoms in total. The van der Waals surface area contributed by atoms with Crippen LogP contribution in [0.1, 0.15) is 110 Å². The Morgan fingerprint density at radius 1 is 0.776 bits per heavy atom. The molecule has 0 aliphatic rings. The number of nitrogen functional groups attached to an aromatic ring is 1. The molecule has 0 amide bonds. The first kappa shape index (κ1) is 38.8. The van der Waals surface area contributed by atoms with E-state index in [9.17, 15) is 4.57 Å². The van der Waals surface area contributed by atoms with Gasteiger partial charge in [0.05, 0.1) is 25.6 Å². The molecule has 2 heterocycles. The lowest BCUT2D eigenvalue weighted by Gasteiger charge is -2.22. The summed E-state index contributed by atoms with van der Waals surface area (Å²) in [6.45, 7) is 6.11. The van der Waals surface area contributed by atoms with E-state index in [-0.39, 0.29) is 19.1 Å². The summed E-state index contributed by atoms with van der Waals surface area (Å²) in [5.74, 6) is 0.821. The standard InChI is InChI=1S/C38H58N5O5P/c1-3-4-5-6-7-8-9-10-11-12-13-14-15-18-25-45-26-20-27-47-49(44,48-35-24-19-22-33-21-16-17-23-34(33)35)31-46-32(2)28-43-30-42-36-37(39)40-29-41-38(36)43/h16-17,19,21-24,29-30,32H,3-15,18,20,25-28,31H2,1-2H3,(H2,39,40,41). The summed E-state index contributed by atoms with van der Waals surface area (Å²) in [7, 11) is -3.69. The van der Waals surface area contributed by atoms with Crippen molar-refractivity contribution in [3.63, 3.8) is 0 Å². The highest BCUT2D eigenvalue weighted by atomic mass is 31.2. The average molecular weight is 696 g/mol. The van der Waals surface area contributed by atoms with E-state index in [0.29, 0.717) is 42.3 Å². The van der Waals surface area contributed by atoms with Crippen molar-refractivity contribution >= 4 is 35.3 Å². The molecule has 0 bridgehead atoms. The van der Waals surface area contributed by atoms with Gasteiger partial charge in [-0.25, -0.2) is 19.5 Å². The Morgan fingerprint density at radius 3 is 2.16 bits per heavy atom. The molecular weight excluding hydrogens is 637 g/mol. The minimum Gasteiger partial charge on any atom is -0.422 e. The van der Waals surface area contributed by atoms with Gasteiger partial charge in [-0.15, -0.1) is 0 Å². The third-order valence-corrected chi connectivity index (χ3v) is 10.3. The van der Waals surface area contributed by atoms with Crippen molar-refractivity contribution in [2.75, 3.05) is 31.9 Å². The third kappa shape index (κ3) is 13.7. The van der Waals surface area contributed by atoms with Crippen molar-refractivity contribution in [3.05, 3.63) is 55.1 Å². The van der Waals surface area contributed by atoms with Crippen molar-refractivity contribution < 1.29 is 23.1 Å². The van der Waals surface area contributed by atoms with Gasteiger partial charge >= 0.3 is 7.60 Å². The second kappa shape index (κ2) is 21.9. The topological polar surface area (TPSA) is 124 Å². The van der Waals surface area contributed by atoms with Gasteiger partial charge in [0.2, 0.25) is 0 Å². The lowest BCUT2D eigenvalue weighted by Crippen LogP contribution is -2.19. The molecule has 0 saturated carbocycles. The van der Waals surface area contributed by atoms with E-state index in [2.05, 4.69) is 21.9 Å². The average Bonchev–Trinajstić information content (AvgIpc) is 3.52. The van der Waals surface area contributed by atoms with Crippen LogP contribution in [0, 0.1) is 0 Å². The Kier molecular flexibility index (Phi) is 17.3. The molecule has 2 unspecified atom stereocenters. The van der Waals surface area contributed by atoms with Crippen molar-refractivity contribution in [2.24, 2.45) is 0 Å². The summed E-state index contributed by atoms with van der Waals surface area (Å²) in [6.07, 6.45) is 21.9. The molecule has 2 N–H and O–H groups in total. The molecule has 0 aliphatic heterocycles. The maximum atomic E-state index is 14.1. The van der Waals surface area contributed by atoms with E-state index in [1.54, 1.807) is 6.33 Å². The summed E-state index contributed by atoms with van der Waals surface area (Å²) in [6, 6.07) is 13.5. The van der Waals surface area contributed by atoms with Crippen LogP contribution in [-0.2, 0) is 25.1 Å². The summed E-state index contributed by atoms with van der Waals surface area (Å²) in [4.78, 5) is 12.6. The van der Waals surface area contributed by atoms with Gasteiger partial charge in [0.25, 0.3) is 0 Å². The van der Waals surface area contributed by atoms with E-state index >= 15 is 0 Å². The van der Waals surface area contributed by atoms with Crippen LogP contribution in [0.4, 0.5) is 5.82 Å². The molecule has 4 aromatic rings. The highest BCUT2D eigenvalue weighted by Crippen LogP contribution is 2.50. The van der Waals surface area contributed by atoms with E-state index in [4.69, 9.17) is 24.3 Å². The minimum absolute atomic E-state index is 0.207. The molecule has 49 heavy (non-hydrogen) atoms. The van der Waals surface area contributed by atoms with Crippen LogP contribution in [0.5, 0.6) is 5.75 Å². The minimum atomic E-state index is -3.69. The molecule has 11 heteroatoms. The van der Waals surface area contributed by atoms with E-state index < -0.39 is 7.60 Å². The zero-order valence-corrected chi connectivity index (χ0v) is 30.7. The first-order valence-corrected chi connectivity index (χ1v) is 20.2. The number of nitrogens with two attached hydrogens (primary N) is 1. The molecule has 2 aromatic heterocycles. The Bertz CT molecular complexity index is 1540. The number of fused-ring (bicyclic) bond motifs is 2. The number of imidazole rings is 1. The SMILES string of the molecule is CCCCCCCCCCCCCCCCOCCCOP(=O)(COC(C)Cn1cnc2c(N)ncnc21)Oc1cccc2ccccc12. The Hall–Kier alpha value is -3.04. The second-order valence-electron chi connectivity index (χ2n) is 13.0. The van der Waals surface area contributed by atoms with Crippen LogP contribution in [0.25, 0.3) is 21.9 Å². The number of anilines is 1. The number of nitrogens with zero attached hydrogens (tertiary/aromatic N) is 4. The molecule has 2 aromatic carbocycles. The van der Waals surface area contributed by atoms with Crippen molar-refractivity contribution in [1.29, 1.82) is 0 Å². The zero-order chi connectivity index (χ0) is 34.6. The molecule has 4 rings (SSSR count). The van der Waals surface area contributed by atoms with Gasteiger partial charge in [0.1, 0.15) is 17.6 Å². The van der Waals surface area contributed by atoms with Gasteiger partial charge in [-0.1, -0.05) is 127 Å². The van der Waals surface area contributed by atoms with Crippen LogP contribution in [0.15, 0.2) is 55.1 Å². The number of aromatic nitrogens is 4. The number of rotatable bonds is 27. The predicted octanol–water partition coefficient (Wildman–Crippen LogP) is 10.1. The lowest BCUT2D eigenvalue weighted by molar-refractivity contribution is 0.0701. The van der Waals surface area contributed by atoms with Gasteiger partial charge in [0.15, 0.2) is 17.8 Å².